The van der Waals surface area contributed by atoms with Crippen LogP contribution in [0, 0.1) is 23.0 Å². The molecule has 2 aromatic rings. The van der Waals surface area contributed by atoms with Crippen molar-refractivity contribution in [1.82, 2.24) is 4.98 Å². The van der Waals surface area contributed by atoms with E-state index in [2.05, 4.69) is 4.98 Å². The van der Waals surface area contributed by atoms with Gasteiger partial charge in [-0.15, -0.1) is 0 Å². The zero-order valence-corrected chi connectivity index (χ0v) is 8.77. The summed E-state index contributed by atoms with van der Waals surface area (Å²) in [6.07, 6.45) is 1.42. The molecule has 1 heterocycles. The summed E-state index contributed by atoms with van der Waals surface area (Å²) in [5, 5.41) is 9.08. The summed E-state index contributed by atoms with van der Waals surface area (Å²) >= 11 is 0. The first-order valence-electron chi connectivity index (χ1n) is 4.98. The predicted molar refractivity (Wildman–Crippen MR) is 58.1 cm³/mol. The maximum absolute atomic E-state index is 13.5. The molecule has 4 heteroatoms. The van der Waals surface area contributed by atoms with E-state index < -0.39 is 17.6 Å². The number of nitrogens with zero attached hydrogens (tertiary/aromatic N) is 2. The first-order chi connectivity index (χ1) is 8.22. The molecule has 2 rings (SSSR count). The summed E-state index contributed by atoms with van der Waals surface area (Å²) in [7, 11) is 0. The Morgan fingerprint density at radius 3 is 2.41 bits per heavy atom. The maximum atomic E-state index is 13.5. The highest BCUT2D eigenvalue weighted by atomic mass is 19.1. The SMILES string of the molecule is N#CC(c1ccc(F)cc1)c1ncccc1F. The third-order valence-electron chi connectivity index (χ3n) is 2.39. The fourth-order valence-electron chi connectivity index (χ4n) is 1.56. The molecule has 0 aliphatic carbocycles. The molecule has 0 amide bonds. The molecular weight excluding hydrogens is 222 g/mol. The Hall–Kier alpha value is -2.28. The first kappa shape index (κ1) is 11.2. The summed E-state index contributed by atoms with van der Waals surface area (Å²) in [6, 6.07) is 10.1. The van der Waals surface area contributed by atoms with Crippen molar-refractivity contribution in [2.75, 3.05) is 0 Å². The Morgan fingerprint density at radius 2 is 1.82 bits per heavy atom. The minimum absolute atomic E-state index is 0.0570. The summed E-state index contributed by atoms with van der Waals surface area (Å²) in [4.78, 5) is 3.86. The van der Waals surface area contributed by atoms with Gasteiger partial charge >= 0.3 is 0 Å². The van der Waals surface area contributed by atoms with Crippen LogP contribution < -0.4 is 0 Å². The van der Waals surface area contributed by atoms with Crippen LogP contribution in [0.3, 0.4) is 0 Å². The van der Waals surface area contributed by atoms with Crippen molar-refractivity contribution < 1.29 is 8.78 Å². The lowest BCUT2D eigenvalue weighted by molar-refractivity contribution is 0.597. The number of hydrogen-bond acceptors (Lipinski definition) is 2. The molecule has 0 aliphatic heterocycles. The Kier molecular flexibility index (Phi) is 3.10. The Morgan fingerprint density at radius 1 is 1.12 bits per heavy atom. The lowest BCUT2D eigenvalue weighted by atomic mass is 9.96. The monoisotopic (exact) mass is 230 g/mol. The van der Waals surface area contributed by atoms with Gasteiger partial charge in [0.2, 0.25) is 0 Å². The van der Waals surface area contributed by atoms with Crippen LogP contribution in [-0.4, -0.2) is 4.98 Å². The second-order valence-corrected chi connectivity index (χ2v) is 3.48. The van der Waals surface area contributed by atoms with Crippen LogP contribution in [0.1, 0.15) is 17.2 Å². The van der Waals surface area contributed by atoms with E-state index in [0.717, 1.165) is 0 Å². The molecule has 0 fully saturated rings. The van der Waals surface area contributed by atoms with E-state index in [1.54, 1.807) is 0 Å². The highest BCUT2D eigenvalue weighted by molar-refractivity contribution is 5.35. The van der Waals surface area contributed by atoms with Crippen LogP contribution in [0.15, 0.2) is 42.6 Å². The van der Waals surface area contributed by atoms with Gasteiger partial charge in [0.05, 0.1) is 11.8 Å². The summed E-state index contributed by atoms with van der Waals surface area (Å²) in [5.74, 6) is -1.76. The number of pyridine rings is 1. The minimum atomic E-state index is -0.822. The van der Waals surface area contributed by atoms with Crippen LogP contribution in [0.25, 0.3) is 0 Å². The van der Waals surface area contributed by atoms with Gasteiger partial charge in [0.1, 0.15) is 17.6 Å². The third kappa shape index (κ3) is 2.28. The third-order valence-corrected chi connectivity index (χ3v) is 2.39. The van der Waals surface area contributed by atoms with E-state index in [1.807, 2.05) is 6.07 Å². The molecule has 2 nitrogen and oxygen atoms in total. The van der Waals surface area contributed by atoms with E-state index in [-0.39, 0.29) is 5.69 Å². The number of aromatic nitrogens is 1. The number of halogens is 2. The molecule has 1 aromatic heterocycles. The maximum Gasteiger partial charge on any atom is 0.146 e. The van der Waals surface area contributed by atoms with Gasteiger partial charge in [-0.25, -0.2) is 8.78 Å². The highest BCUT2D eigenvalue weighted by Gasteiger charge is 2.18. The van der Waals surface area contributed by atoms with E-state index in [4.69, 9.17) is 5.26 Å². The quantitative estimate of drug-likeness (QED) is 0.795. The van der Waals surface area contributed by atoms with Gasteiger partial charge in [0.25, 0.3) is 0 Å². The van der Waals surface area contributed by atoms with Gasteiger partial charge in [0.15, 0.2) is 0 Å². The van der Waals surface area contributed by atoms with Crippen molar-refractivity contribution in [2.45, 2.75) is 5.92 Å². The fraction of sp³-hybridized carbons (Fsp3) is 0.0769. The molecule has 0 spiro atoms. The summed E-state index contributed by atoms with van der Waals surface area (Å²) < 4.78 is 26.3. The highest BCUT2D eigenvalue weighted by Crippen LogP contribution is 2.24. The molecule has 0 N–H and O–H groups in total. The Labute approximate surface area is 97.2 Å². The van der Waals surface area contributed by atoms with E-state index in [9.17, 15) is 8.78 Å². The van der Waals surface area contributed by atoms with Crippen molar-refractivity contribution >= 4 is 0 Å². The number of nitriles is 1. The summed E-state index contributed by atoms with van der Waals surface area (Å²) in [5.41, 5.74) is 0.577. The van der Waals surface area contributed by atoms with Gasteiger partial charge < -0.3 is 0 Å². The molecule has 0 saturated heterocycles. The van der Waals surface area contributed by atoms with Gasteiger partial charge in [-0.2, -0.15) is 5.26 Å². The molecule has 0 radical (unpaired) electrons. The standard InChI is InChI=1S/C13H8F2N2/c14-10-5-3-9(4-6-10)11(8-16)13-12(15)2-1-7-17-13/h1-7,11H. The van der Waals surface area contributed by atoms with Crippen LogP contribution in [0.5, 0.6) is 0 Å². The molecule has 1 unspecified atom stereocenters. The van der Waals surface area contributed by atoms with Crippen LogP contribution >= 0.6 is 0 Å². The average molecular weight is 230 g/mol. The zero-order chi connectivity index (χ0) is 12.3. The number of hydrogen-bond donors (Lipinski definition) is 0. The van der Waals surface area contributed by atoms with Crippen molar-refractivity contribution in [2.24, 2.45) is 0 Å². The van der Waals surface area contributed by atoms with Crippen molar-refractivity contribution in [3.8, 4) is 6.07 Å². The van der Waals surface area contributed by atoms with Gasteiger partial charge in [0, 0.05) is 6.20 Å². The summed E-state index contributed by atoms with van der Waals surface area (Å²) in [6.45, 7) is 0. The normalized spacial score (nSPS) is 11.8. The first-order valence-corrected chi connectivity index (χ1v) is 4.98. The average Bonchev–Trinajstić information content (AvgIpc) is 2.35. The molecular formula is C13H8F2N2. The zero-order valence-electron chi connectivity index (χ0n) is 8.77. The fourth-order valence-corrected chi connectivity index (χ4v) is 1.56. The van der Waals surface area contributed by atoms with Crippen molar-refractivity contribution in [1.29, 1.82) is 5.26 Å². The van der Waals surface area contributed by atoms with E-state index >= 15 is 0 Å². The molecule has 17 heavy (non-hydrogen) atoms. The smallest absolute Gasteiger partial charge is 0.146 e. The van der Waals surface area contributed by atoms with Gasteiger partial charge in [-0.1, -0.05) is 12.1 Å². The van der Waals surface area contributed by atoms with Crippen LogP contribution in [-0.2, 0) is 0 Å². The van der Waals surface area contributed by atoms with Crippen LogP contribution in [0.2, 0.25) is 0 Å². The lowest BCUT2D eigenvalue weighted by Crippen LogP contribution is -2.04. The van der Waals surface area contributed by atoms with Gasteiger partial charge in [-0.05, 0) is 29.8 Å². The Bertz CT molecular complexity index is 558. The van der Waals surface area contributed by atoms with Crippen molar-refractivity contribution in [3.05, 3.63) is 65.5 Å². The molecule has 1 atom stereocenters. The second kappa shape index (κ2) is 4.71. The lowest BCUT2D eigenvalue weighted by Gasteiger charge is -2.09. The van der Waals surface area contributed by atoms with E-state index in [1.165, 1.54) is 42.6 Å². The molecule has 0 saturated carbocycles. The Balaban J connectivity index is 2.45. The molecule has 1 aromatic carbocycles. The van der Waals surface area contributed by atoms with Gasteiger partial charge in [-0.3, -0.25) is 4.98 Å². The molecule has 0 bridgehead atoms. The topological polar surface area (TPSA) is 36.7 Å². The second-order valence-electron chi connectivity index (χ2n) is 3.48. The van der Waals surface area contributed by atoms with Crippen LogP contribution in [0.4, 0.5) is 8.78 Å². The number of benzene rings is 1. The van der Waals surface area contributed by atoms with Crippen molar-refractivity contribution in [3.63, 3.8) is 0 Å². The number of rotatable bonds is 2. The molecule has 0 aliphatic rings. The largest absolute Gasteiger partial charge is 0.256 e. The van der Waals surface area contributed by atoms with E-state index in [0.29, 0.717) is 5.56 Å². The minimum Gasteiger partial charge on any atom is -0.256 e. The molecule has 84 valence electrons. The predicted octanol–water partition coefficient (Wildman–Crippen LogP) is 3.02.